The van der Waals surface area contributed by atoms with E-state index in [4.69, 9.17) is 4.74 Å². The fourth-order valence-corrected chi connectivity index (χ4v) is 1.90. The average molecular weight is 255 g/mol. The number of rotatable bonds is 4. The lowest BCUT2D eigenvalue weighted by Gasteiger charge is -2.08. The molecule has 0 spiro atoms. The molecule has 19 heavy (non-hydrogen) atoms. The van der Waals surface area contributed by atoms with Crippen molar-refractivity contribution in [2.75, 3.05) is 7.11 Å². The molecule has 0 unspecified atom stereocenters. The van der Waals surface area contributed by atoms with Crippen molar-refractivity contribution < 1.29 is 9.53 Å². The Kier molecular flexibility index (Phi) is 4.18. The molecule has 3 heteroatoms. The van der Waals surface area contributed by atoms with Crippen molar-refractivity contribution in [1.82, 2.24) is 5.32 Å². The van der Waals surface area contributed by atoms with Gasteiger partial charge in [0, 0.05) is 12.1 Å². The molecule has 0 saturated heterocycles. The fourth-order valence-electron chi connectivity index (χ4n) is 1.90. The van der Waals surface area contributed by atoms with Crippen LogP contribution in [0.2, 0.25) is 0 Å². The van der Waals surface area contributed by atoms with Crippen LogP contribution in [-0.2, 0) is 6.54 Å². The summed E-state index contributed by atoms with van der Waals surface area (Å²) >= 11 is 0. The molecule has 3 nitrogen and oxygen atoms in total. The highest BCUT2D eigenvalue weighted by Crippen LogP contribution is 2.18. The van der Waals surface area contributed by atoms with Crippen molar-refractivity contribution in [3.8, 4) is 5.75 Å². The molecule has 0 aromatic heterocycles. The van der Waals surface area contributed by atoms with Gasteiger partial charge in [0.15, 0.2) is 0 Å². The Balaban J connectivity index is 2.02. The van der Waals surface area contributed by atoms with Gasteiger partial charge < -0.3 is 10.1 Å². The number of benzene rings is 2. The van der Waals surface area contributed by atoms with Crippen LogP contribution < -0.4 is 10.1 Å². The second kappa shape index (κ2) is 6.05. The zero-order chi connectivity index (χ0) is 13.7. The van der Waals surface area contributed by atoms with E-state index in [0.717, 1.165) is 16.9 Å². The molecular weight excluding hydrogens is 238 g/mol. The average Bonchev–Trinajstić information content (AvgIpc) is 2.45. The van der Waals surface area contributed by atoms with E-state index < -0.39 is 0 Å². The maximum atomic E-state index is 12.0. The number of aryl methyl sites for hydroxylation is 1. The minimum Gasteiger partial charge on any atom is -0.496 e. The van der Waals surface area contributed by atoms with E-state index in [1.165, 1.54) is 0 Å². The van der Waals surface area contributed by atoms with Gasteiger partial charge in [-0.3, -0.25) is 4.79 Å². The summed E-state index contributed by atoms with van der Waals surface area (Å²) in [5.74, 6) is 0.717. The van der Waals surface area contributed by atoms with Gasteiger partial charge in [0.2, 0.25) is 0 Å². The van der Waals surface area contributed by atoms with Gasteiger partial charge in [0.05, 0.1) is 7.11 Å². The quantitative estimate of drug-likeness (QED) is 0.912. The van der Waals surface area contributed by atoms with Gasteiger partial charge in [0.25, 0.3) is 5.91 Å². The first-order chi connectivity index (χ1) is 9.20. The summed E-state index contributed by atoms with van der Waals surface area (Å²) in [5, 5.41) is 2.90. The lowest BCUT2D eigenvalue weighted by atomic mass is 10.1. The third kappa shape index (κ3) is 3.35. The number of nitrogens with one attached hydrogen (secondary N) is 1. The maximum Gasteiger partial charge on any atom is 0.251 e. The molecule has 1 amide bonds. The standard InChI is InChI=1S/C16H17NO2/c1-12-10-14(8-9-15(12)19-2)16(18)17-11-13-6-4-3-5-7-13/h3-10H,11H2,1-2H3,(H,17,18). The molecule has 2 aromatic rings. The number of methoxy groups -OCH3 is 1. The fraction of sp³-hybridized carbons (Fsp3) is 0.188. The van der Waals surface area contributed by atoms with Gasteiger partial charge in [-0.15, -0.1) is 0 Å². The Bertz CT molecular complexity index is 564. The van der Waals surface area contributed by atoms with E-state index in [2.05, 4.69) is 5.32 Å². The molecule has 0 bridgehead atoms. The Hall–Kier alpha value is -2.29. The zero-order valence-electron chi connectivity index (χ0n) is 11.1. The van der Waals surface area contributed by atoms with E-state index in [9.17, 15) is 4.79 Å². The van der Waals surface area contributed by atoms with Gasteiger partial charge in [-0.2, -0.15) is 0 Å². The van der Waals surface area contributed by atoms with E-state index >= 15 is 0 Å². The van der Waals surface area contributed by atoms with Crippen molar-refractivity contribution in [2.45, 2.75) is 13.5 Å². The summed E-state index contributed by atoms with van der Waals surface area (Å²) in [6, 6.07) is 15.3. The topological polar surface area (TPSA) is 38.3 Å². The highest BCUT2D eigenvalue weighted by atomic mass is 16.5. The van der Waals surface area contributed by atoms with Crippen LogP contribution in [0, 0.1) is 6.92 Å². The summed E-state index contributed by atoms with van der Waals surface area (Å²) in [4.78, 5) is 12.0. The van der Waals surface area contributed by atoms with Crippen LogP contribution in [0.4, 0.5) is 0 Å². The Morgan fingerprint density at radius 3 is 2.53 bits per heavy atom. The van der Waals surface area contributed by atoms with Crippen LogP contribution in [0.3, 0.4) is 0 Å². The number of hydrogen-bond acceptors (Lipinski definition) is 2. The van der Waals surface area contributed by atoms with E-state index in [1.54, 1.807) is 13.2 Å². The van der Waals surface area contributed by atoms with Gasteiger partial charge in [-0.25, -0.2) is 0 Å². The van der Waals surface area contributed by atoms with Crippen LogP contribution in [0.5, 0.6) is 5.75 Å². The predicted molar refractivity (Wildman–Crippen MR) is 75.3 cm³/mol. The van der Waals surface area contributed by atoms with Crippen LogP contribution in [-0.4, -0.2) is 13.0 Å². The smallest absolute Gasteiger partial charge is 0.251 e. The van der Waals surface area contributed by atoms with Crippen LogP contribution in [0.25, 0.3) is 0 Å². The normalized spacial score (nSPS) is 10.0. The molecule has 0 heterocycles. The molecule has 0 saturated carbocycles. The highest BCUT2D eigenvalue weighted by molar-refractivity contribution is 5.94. The predicted octanol–water partition coefficient (Wildman–Crippen LogP) is 2.93. The van der Waals surface area contributed by atoms with Gasteiger partial charge in [0.1, 0.15) is 5.75 Å². The van der Waals surface area contributed by atoms with E-state index in [0.29, 0.717) is 12.1 Å². The lowest BCUT2D eigenvalue weighted by Crippen LogP contribution is -2.22. The van der Waals surface area contributed by atoms with Crippen molar-refractivity contribution in [3.05, 3.63) is 65.2 Å². The van der Waals surface area contributed by atoms with E-state index in [-0.39, 0.29) is 5.91 Å². The summed E-state index contributed by atoms with van der Waals surface area (Å²) in [5.41, 5.74) is 2.69. The third-order valence-electron chi connectivity index (χ3n) is 2.95. The first-order valence-electron chi connectivity index (χ1n) is 6.17. The highest BCUT2D eigenvalue weighted by Gasteiger charge is 2.07. The Labute approximate surface area is 113 Å². The van der Waals surface area contributed by atoms with Gasteiger partial charge >= 0.3 is 0 Å². The summed E-state index contributed by atoms with van der Waals surface area (Å²) in [6.45, 7) is 2.46. The Morgan fingerprint density at radius 2 is 1.89 bits per heavy atom. The van der Waals surface area contributed by atoms with Crippen LogP contribution in [0.1, 0.15) is 21.5 Å². The first kappa shape index (κ1) is 13.1. The van der Waals surface area contributed by atoms with E-state index in [1.807, 2.05) is 49.4 Å². The lowest BCUT2D eigenvalue weighted by molar-refractivity contribution is 0.0951. The van der Waals surface area contributed by atoms with Gasteiger partial charge in [-0.05, 0) is 36.2 Å². The molecule has 0 aliphatic heterocycles. The third-order valence-corrected chi connectivity index (χ3v) is 2.95. The number of hydrogen-bond donors (Lipinski definition) is 1. The van der Waals surface area contributed by atoms with Crippen molar-refractivity contribution in [1.29, 1.82) is 0 Å². The molecular formula is C16H17NO2. The molecule has 98 valence electrons. The molecule has 0 radical (unpaired) electrons. The summed E-state index contributed by atoms with van der Waals surface area (Å²) in [7, 11) is 1.62. The summed E-state index contributed by atoms with van der Waals surface area (Å²) < 4.78 is 5.18. The van der Waals surface area contributed by atoms with Gasteiger partial charge in [-0.1, -0.05) is 30.3 Å². The SMILES string of the molecule is COc1ccc(C(=O)NCc2ccccc2)cc1C. The maximum absolute atomic E-state index is 12.0. The molecule has 0 aliphatic rings. The van der Waals surface area contributed by atoms with Crippen LogP contribution >= 0.6 is 0 Å². The van der Waals surface area contributed by atoms with Crippen molar-refractivity contribution >= 4 is 5.91 Å². The molecule has 0 aliphatic carbocycles. The zero-order valence-corrected chi connectivity index (χ0v) is 11.1. The molecule has 2 rings (SSSR count). The minimum absolute atomic E-state index is 0.0744. The minimum atomic E-state index is -0.0744. The molecule has 0 fully saturated rings. The molecule has 0 atom stereocenters. The second-order valence-corrected chi connectivity index (χ2v) is 4.35. The molecule has 1 N–H and O–H groups in total. The Morgan fingerprint density at radius 1 is 1.16 bits per heavy atom. The van der Waals surface area contributed by atoms with Crippen LogP contribution in [0.15, 0.2) is 48.5 Å². The largest absolute Gasteiger partial charge is 0.496 e. The monoisotopic (exact) mass is 255 g/mol. The first-order valence-corrected chi connectivity index (χ1v) is 6.17. The number of ether oxygens (including phenoxy) is 1. The second-order valence-electron chi connectivity index (χ2n) is 4.35. The summed E-state index contributed by atoms with van der Waals surface area (Å²) in [6.07, 6.45) is 0. The number of carbonyl (C=O) groups excluding carboxylic acids is 1. The number of carbonyl (C=O) groups is 1. The van der Waals surface area contributed by atoms with Crippen molar-refractivity contribution in [3.63, 3.8) is 0 Å². The molecule has 2 aromatic carbocycles. The number of amides is 1. The van der Waals surface area contributed by atoms with Crippen molar-refractivity contribution in [2.24, 2.45) is 0 Å².